The molecule has 2 rings (SSSR count). The van der Waals surface area contributed by atoms with Gasteiger partial charge in [0.25, 0.3) is 0 Å². The second-order valence-electron chi connectivity index (χ2n) is 5.06. The lowest BCUT2D eigenvalue weighted by molar-refractivity contribution is 0.300. The Morgan fingerprint density at radius 3 is 2.41 bits per heavy atom. The van der Waals surface area contributed by atoms with Crippen molar-refractivity contribution < 1.29 is 5.11 Å². The van der Waals surface area contributed by atoms with Crippen LogP contribution in [0.1, 0.15) is 11.1 Å². The number of aliphatic hydroxyl groups is 1. The third kappa shape index (κ3) is 4.17. The van der Waals surface area contributed by atoms with E-state index in [2.05, 4.69) is 5.32 Å². The second kappa shape index (κ2) is 7.38. The van der Waals surface area contributed by atoms with Gasteiger partial charge in [-0.2, -0.15) is 0 Å². The SMILES string of the molecule is Nc1ccc(NC/C=C/c2cc(N)cc(CCO)c2N)cc1. The molecule has 0 saturated carbocycles. The van der Waals surface area contributed by atoms with Gasteiger partial charge in [-0.05, 0) is 53.9 Å². The fourth-order valence-corrected chi connectivity index (χ4v) is 2.19. The largest absolute Gasteiger partial charge is 0.399 e. The minimum atomic E-state index is 0.0511. The number of anilines is 4. The zero-order valence-corrected chi connectivity index (χ0v) is 12.4. The molecule has 0 atom stereocenters. The minimum absolute atomic E-state index is 0.0511. The summed E-state index contributed by atoms with van der Waals surface area (Å²) in [6, 6.07) is 11.2. The van der Waals surface area contributed by atoms with Crippen LogP contribution in [0.2, 0.25) is 0 Å². The number of aliphatic hydroxyl groups excluding tert-OH is 1. The van der Waals surface area contributed by atoms with Crippen molar-refractivity contribution in [1.29, 1.82) is 0 Å². The van der Waals surface area contributed by atoms with Crippen LogP contribution >= 0.6 is 0 Å². The average molecular weight is 298 g/mol. The zero-order chi connectivity index (χ0) is 15.9. The van der Waals surface area contributed by atoms with Crippen LogP contribution in [0.15, 0.2) is 42.5 Å². The number of nitrogens with two attached hydrogens (primary N) is 3. The molecule has 2 aromatic carbocycles. The first-order valence-electron chi connectivity index (χ1n) is 7.15. The standard InChI is InChI=1S/C17H22N4O/c18-14-3-5-16(6-4-14)21-8-1-2-12-10-15(19)11-13(7-9-22)17(12)20/h1-6,10-11,21-22H,7-9,18-20H2/b2-1+. The van der Waals surface area contributed by atoms with Gasteiger partial charge in [0.2, 0.25) is 0 Å². The molecule has 0 aromatic heterocycles. The van der Waals surface area contributed by atoms with Crippen LogP contribution in [0, 0.1) is 0 Å². The predicted octanol–water partition coefficient (Wildman–Crippen LogP) is 2.09. The van der Waals surface area contributed by atoms with Gasteiger partial charge in [-0.15, -0.1) is 0 Å². The predicted molar refractivity (Wildman–Crippen MR) is 94.4 cm³/mol. The topological polar surface area (TPSA) is 110 Å². The Hall–Kier alpha value is -2.66. The Labute approximate surface area is 130 Å². The van der Waals surface area contributed by atoms with E-state index < -0.39 is 0 Å². The summed E-state index contributed by atoms with van der Waals surface area (Å²) in [7, 11) is 0. The molecule has 5 nitrogen and oxygen atoms in total. The molecule has 0 aliphatic heterocycles. The molecule has 0 aliphatic rings. The van der Waals surface area contributed by atoms with Gasteiger partial charge >= 0.3 is 0 Å². The third-order valence-electron chi connectivity index (χ3n) is 3.33. The lowest BCUT2D eigenvalue weighted by Gasteiger charge is -2.09. The average Bonchev–Trinajstić information content (AvgIpc) is 2.50. The van der Waals surface area contributed by atoms with Crippen molar-refractivity contribution in [3.63, 3.8) is 0 Å². The van der Waals surface area contributed by atoms with E-state index in [0.29, 0.717) is 24.3 Å². The minimum Gasteiger partial charge on any atom is -0.399 e. The van der Waals surface area contributed by atoms with Gasteiger partial charge in [-0.3, -0.25) is 0 Å². The first kappa shape index (κ1) is 15.7. The smallest absolute Gasteiger partial charge is 0.0472 e. The molecule has 0 aliphatic carbocycles. The van der Waals surface area contributed by atoms with Crippen molar-refractivity contribution in [3.8, 4) is 0 Å². The van der Waals surface area contributed by atoms with Crippen LogP contribution in [0.5, 0.6) is 0 Å². The highest BCUT2D eigenvalue weighted by Crippen LogP contribution is 2.23. The fourth-order valence-electron chi connectivity index (χ4n) is 2.19. The molecule has 0 bridgehead atoms. The molecule has 0 saturated heterocycles. The van der Waals surface area contributed by atoms with Crippen molar-refractivity contribution in [2.45, 2.75) is 6.42 Å². The van der Waals surface area contributed by atoms with Gasteiger partial charge < -0.3 is 27.6 Å². The number of hydrogen-bond donors (Lipinski definition) is 5. The lowest BCUT2D eigenvalue weighted by Crippen LogP contribution is -2.02. The van der Waals surface area contributed by atoms with Gasteiger partial charge in [0.05, 0.1) is 0 Å². The van der Waals surface area contributed by atoms with Crippen LogP contribution in [0.3, 0.4) is 0 Å². The van der Waals surface area contributed by atoms with Crippen LogP contribution in [-0.4, -0.2) is 18.3 Å². The van der Waals surface area contributed by atoms with Gasteiger partial charge in [0, 0.05) is 35.9 Å². The van der Waals surface area contributed by atoms with E-state index in [1.54, 1.807) is 6.07 Å². The zero-order valence-electron chi connectivity index (χ0n) is 12.4. The Balaban J connectivity index is 2.02. The summed E-state index contributed by atoms with van der Waals surface area (Å²) >= 11 is 0. The molecule has 2 aromatic rings. The summed E-state index contributed by atoms with van der Waals surface area (Å²) in [5.41, 5.74) is 22.4. The van der Waals surface area contributed by atoms with Crippen molar-refractivity contribution in [3.05, 3.63) is 53.6 Å². The fraction of sp³-hybridized carbons (Fsp3) is 0.176. The van der Waals surface area contributed by atoms with Crippen LogP contribution < -0.4 is 22.5 Å². The summed E-state index contributed by atoms with van der Waals surface area (Å²) < 4.78 is 0. The van der Waals surface area contributed by atoms with E-state index in [9.17, 15) is 0 Å². The van der Waals surface area contributed by atoms with Gasteiger partial charge in [0.15, 0.2) is 0 Å². The molecule has 116 valence electrons. The first-order chi connectivity index (χ1) is 10.6. The Morgan fingerprint density at radius 2 is 1.73 bits per heavy atom. The normalized spacial score (nSPS) is 11.0. The molecule has 0 spiro atoms. The Bertz CT molecular complexity index is 650. The summed E-state index contributed by atoms with van der Waals surface area (Å²) in [4.78, 5) is 0. The van der Waals surface area contributed by atoms with E-state index >= 15 is 0 Å². The van der Waals surface area contributed by atoms with Crippen molar-refractivity contribution in [2.75, 3.05) is 35.7 Å². The van der Waals surface area contributed by atoms with E-state index in [1.807, 2.05) is 42.5 Å². The Kier molecular flexibility index (Phi) is 5.27. The van der Waals surface area contributed by atoms with E-state index in [1.165, 1.54) is 0 Å². The molecule has 5 heteroatoms. The molecule has 8 N–H and O–H groups in total. The molecule has 22 heavy (non-hydrogen) atoms. The van der Waals surface area contributed by atoms with Gasteiger partial charge in [-0.25, -0.2) is 0 Å². The number of nitrogen functional groups attached to an aromatic ring is 3. The number of benzene rings is 2. The molecule has 0 radical (unpaired) electrons. The highest BCUT2D eigenvalue weighted by molar-refractivity contribution is 5.72. The number of nitrogens with one attached hydrogen (secondary N) is 1. The summed E-state index contributed by atoms with van der Waals surface area (Å²) in [6.07, 6.45) is 4.41. The Morgan fingerprint density at radius 1 is 1.00 bits per heavy atom. The molecular weight excluding hydrogens is 276 g/mol. The van der Waals surface area contributed by atoms with Gasteiger partial charge in [-0.1, -0.05) is 12.2 Å². The summed E-state index contributed by atoms with van der Waals surface area (Å²) in [5, 5.41) is 12.3. The van der Waals surface area contributed by atoms with E-state index in [0.717, 1.165) is 22.5 Å². The molecule has 0 amide bonds. The third-order valence-corrected chi connectivity index (χ3v) is 3.33. The molecule has 0 heterocycles. The highest BCUT2D eigenvalue weighted by Gasteiger charge is 2.04. The van der Waals surface area contributed by atoms with Crippen molar-refractivity contribution in [1.82, 2.24) is 0 Å². The quantitative estimate of drug-likeness (QED) is 0.524. The van der Waals surface area contributed by atoms with Crippen LogP contribution in [-0.2, 0) is 6.42 Å². The van der Waals surface area contributed by atoms with Crippen molar-refractivity contribution in [2.24, 2.45) is 0 Å². The summed E-state index contributed by atoms with van der Waals surface area (Å²) in [6.45, 7) is 0.711. The van der Waals surface area contributed by atoms with Crippen molar-refractivity contribution >= 4 is 28.8 Å². The first-order valence-corrected chi connectivity index (χ1v) is 7.15. The highest BCUT2D eigenvalue weighted by atomic mass is 16.2. The molecular formula is C17H22N4O. The monoisotopic (exact) mass is 298 g/mol. The lowest BCUT2D eigenvalue weighted by atomic mass is 10.0. The maximum Gasteiger partial charge on any atom is 0.0472 e. The number of hydrogen-bond acceptors (Lipinski definition) is 5. The van der Waals surface area contributed by atoms with Crippen LogP contribution in [0.25, 0.3) is 6.08 Å². The maximum atomic E-state index is 9.05. The van der Waals surface area contributed by atoms with E-state index in [4.69, 9.17) is 22.3 Å². The molecule has 0 fully saturated rings. The van der Waals surface area contributed by atoms with E-state index in [-0.39, 0.29) is 6.61 Å². The van der Waals surface area contributed by atoms with Gasteiger partial charge in [0.1, 0.15) is 0 Å². The molecule has 0 unspecified atom stereocenters. The summed E-state index contributed by atoms with van der Waals surface area (Å²) in [5.74, 6) is 0. The maximum absolute atomic E-state index is 9.05. The number of rotatable bonds is 6. The van der Waals surface area contributed by atoms with Crippen LogP contribution in [0.4, 0.5) is 22.7 Å². The second-order valence-corrected chi connectivity index (χ2v) is 5.06.